The van der Waals surface area contributed by atoms with E-state index < -0.39 is 5.97 Å². The zero-order chi connectivity index (χ0) is 26.8. The molecule has 3 fully saturated rings. The molecular weight excluding hydrogens is 480 g/mol. The number of carbonyl (C=O) groups is 2. The van der Waals surface area contributed by atoms with Gasteiger partial charge in [-0.2, -0.15) is 0 Å². The Morgan fingerprint density at radius 3 is 2.26 bits per heavy atom. The molecule has 3 aliphatic rings. The van der Waals surface area contributed by atoms with Crippen LogP contribution in [0.2, 0.25) is 0 Å². The second kappa shape index (κ2) is 11.4. The molecule has 0 spiro atoms. The van der Waals surface area contributed by atoms with Crippen molar-refractivity contribution in [2.45, 2.75) is 44.8 Å². The van der Waals surface area contributed by atoms with E-state index in [1.165, 1.54) is 19.4 Å². The molecular formula is C30H40N4O4. The third kappa shape index (κ3) is 6.20. The summed E-state index contributed by atoms with van der Waals surface area (Å²) in [6.07, 6.45) is 2.70. The smallest absolute Gasteiger partial charge is 0.317 e. The van der Waals surface area contributed by atoms with Crippen molar-refractivity contribution in [2.75, 3.05) is 52.4 Å². The third-order valence-electron chi connectivity index (χ3n) is 8.34. The number of nitrogens with zero attached hydrogens (tertiary/aromatic N) is 4. The van der Waals surface area contributed by atoms with Crippen LogP contribution >= 0.6 is 0 Å². The van der Waals surface area contributed by atoms with Gasteiger partial charge in [0.25, 0.3) is 5.91 Å². The maximum atomic E-state index is 13.5. The van der Waals surface area contributed by atoms with Gasteiger partial charge in [0, 0.05) is 63.5 Å². The molecule has 0 bridgehead atoms. The number of phenols is 1. The topological polar surface area (TPSA) is 87.6 Å². The average molecular weight is 521 g/mol. The lowest BCUT2D eigenvalue weighted by Gasteiger charge is -2.48. The molecule has 1 aliphatic carbocycles. The van der Waals surface area contributed by atoms with Gasteiger partial charge >= 0.3 is 5.97 Å². The molecule has 2 aliphatic heterocycles. The van der Waals surface area contributed by atoms with E-state index in [0.29, 0.717) is 43.8 Å². The molecule has 5 rings (SSSR count). The number of carboxylic acids is 1. The molecule has 2 saturated heterocycles. The van der Waals surface area contributed by atoms with E-state index in [1.807, 2.05) is 40.1 Å². The Hall–Kier alpha value is -2.94. The lowest BCUT2D eigenvalue weighted by molar-refractivity contribution is -0.138. The van der Waals surface area contributed by atoms with Crippen molar-refractivity contribution >= 4 is 11.9 Å². The summed E-state index contributed by atoms with van der Waals surface area (Å²) in [6, 6.07) is 16.1. The monoisotopic (exact) mass is 520 g/mol. The standard InChI is InChI=1S/C30H40N4O4/c1-21-18-34(22(2)17-33(21)19-23-9-10-23)29(25-6-4-8-27(35)16-25)24-5-3-7-26(15-24)30(38)32-13-11-31(12-14-32)20-28(36)37/h3-8,15-16,21-23,29,35H,9-14,17-20H2,1-2H3,(H,36,37)/t21-,22+,29-/m1/s1. The van der Waals surface area contributed by atoms with E-state index in [9.17, 15) is 14.7 Å². The largest absolute Gasteiger partial charge is 0.508 e. The van der Waals surface area contributed by atoms with Crippen LogP contribution in [0.15, 0.2) is 48.5 Å². The van der Waals surface area contributed by atoms with Gasteiger partial charge in [0.2, 0.25) is 0 Å². The van der Waals surface area contributed by atoms with Crippen molar-refractivity contribution in [2.24, 2.45) is 5.92 Å². The zero-order valence-corrected chi connectivity index (χ0v) is 22.5. The number of piperazine rings is 2. The number of rotatable bonds is 8. The van der Waals surface area contributed by atoms with E-state index in [0.717, 1.165) is 30.1 Å². The second-order valence-corrected chi connectivity index (χ2v) is 11.4. The first-order valence-electron chi connectivity index (χ1n) is 13.9. The minimum Gasteiger partial charge on any atom is -0.508 e. The van der Waals surface area contributed by atoms with Crippen LogP contribution in [0.4, 0.5) is 0 Å². The van der Waals surface area contributed by atoms with Crippen molar-refractivity contribution in [1.82, 2.24) is 19.6 Å². The number of amides is 1. The number of phenolic OH excluding ortho intramolecular Hbond substituents is 1. The maximum absolute atomic E-state index is 13.5. The van der Waals surface area contributed by atoms with Crippen LogP contribution in [0.25, 0.3) is 0 Å². The Labute approximate surface area is 225 Å². The molecule has 3 atom stereocenters. The Balaban J connectivity index is 1.38. The first-order valence-corrected chi connectivity index (χ1v) is 13.9. The first kappa shape index (κ1) is 26.7. The van der Waals surface area contributed by atoms with Crippen LogP contribution < -0.4 is 0 Å². The van der Waals surface area contributed by atoms with Crippen molar-refractivity contribution in [3.63, 3.8) is 0 Å². The highest BCUT2D eigenvalue weighted by Gasteiger charge is 2.37. The molecule has 2 N–H and O–H groups in total. The van der Waals surface area contributed by atoms with Crippen LogP contribution in [0.3, 0.4) is 0 Å². The van der Waals surface area contributed by atoms with Crippen LogP contribution in [0.5, 0.6) is 5.75 Å². The van der Waals surface area contributed by atoms with Crippen molar-refractivity contribution in [3.8, 4) is 5.75 Å². The summed E-state index contributed by atoms with van der Waals surface area (Å²) in [4.78, 5) is 33.4. The van der Waals surface area contributed by atoms with Crippen LogP contribution in [0, 0.1) is 5.92 Å². The fourth-order valence-electron chi connectivity index (χ4n) is 6.07. The van der Waals surface area contributed by atoms with Crippen LogP contribution in [-0.4, -0.2) is 106 Å². The molecule has 2 aromatic rings. The van der Waals surface area contributed by atoms with Gasteiger partial charge in [0.05, 0.1) is 12.6 Å². The Bertz CT molecular complexity index is 1140. The van der Waals surface area contributed by atoms with E-state index in [-0.39, 0.29) is 24.2 Å². The fourth-order valence-corrected chi connectivity index (χ4v) is 6.07. The van der Waals surface area contributed by atoms with Gasteiger partial charge in [0.1, 0.15) is 5.75 Å². The molecule has 2 heterocycles. The van der Waals surface area contributed by atoms with E-state index in [4.69, 9.17) is 5.11 Å². The maximum Gasteiger partial charge on any atom is 0.317 e. The van der Waals surface area contributed by atoms with Crippen molar-refractivity contribution in [3.05, 3.63) is 65.2 Å². The summed E-state index contributed by atoms with van der Waals surface area (Å²) in [5.74, 6) is 0.235. The number of hydrogen-bond donors (Lipinski definition) is 2. The van der Waals surface area contributed by atoms with Crippen LogP contribution in [0.1, 0.15) is 54.2 Å². The second-order valence-electron chi connectivity index (χ2n) is 11.4. The van der Waals surface area contributed by atoms with E-state index in [2.05, 4.69) is 35.8 Å². The normalized spacial score (nSPS) is 24.3. The Morgan fingerprint density at radius 2 is 1.61 bits per heavy atom. The number of benzene rings is 2. The quantitative estimate of drug-likeness (QED) is 0.553. The number of carboxylic acid groups (broad SMARTS) is 1. The minimum absolute atomic E-state index is 0.00758. The molecule has 0 unspecified atom stereocenters. The molecule has 1 amide bonds. The summed E-state index contributed by atoms with van der Waals surface area (Å²) in [6.45, 7) is 9.86. The molecule has 8 nitrogen and oxygen atoms in total. The fraction of sp³-hybridized carbons (Fsp3) is 0.533. The molecule has 0 aromatic heterocycles. The summed E-state index contributed by atoms with van der Waals surface area (Å²) in [5.41, 5.74) is 2.71. The highest BCUT2D eigenvalue weighted by atomic mass is 16.4. The van der Waals surface area contributed by atoms with Crippen LogP contribution in [-0.2, 0) is 4.79 Å². The molecule has 38 heavy (non-hydrogen) atoms. The lowest BCUT2D eigenvalue weighted by Crippen LogP contribution is -2.57. The van der Waals surface area contributed by atoms with Crippen molar-refractivity contribution in [1.29, 1.82) is 0 Å². The Morgan fingerprint density at radius 1 is 0.921 bits per heavy atom. The molecule has 2 aromatic carbocycles. The highest BCUT2D eigenvalue weighted by Crippen LogP contribution is 2.37. The van der Waals surface area contributed by atoms with Gasteiger partial charge in [-0.3, -0.25) is 24.3 Å². The van der Waals surface area contributed by atoms with Crippen molar-refractivity contribution < 1.29 is 19.8 Å². The Kier molecular flexibility index (Phi) is 8.02. The number of carbonyl (C=O) groups excluding carboxylic acids is 1. The van der Waals surface area contributed by atoms with E-state index in [1.54, 1.807) is 6.07 Å². The zero-order valence-electron chi connectivity index (χ0n) is 22.5. The highest BCUT2D eigenvalue weighted by molar-refractivity contribution is 5.94. The van der Waals surface area contributed by atoms with Gasteiger partial charge in [-0.1, -0.05) is 24.3 Å². The van der Waals surface area contributed by atoms with Gasteiger partial charge in [-0.15, -0.1) is 0 Å². The summed E-state index contributed by atoms with van der Waals surface area (Å²) >= 11 is 0. The number of aliphatic carboxylic acids is 1. The average Bonchev–Trinajstić information content (AvgIpc) is 3.71. The predicted molar refractivity (Wildman–Crippen MR) is 146 cm³/mol. The molecule has 204 valence electrons. The molecule has 0 radical (unpaired) electrons. The lowest BCUT2D eigenvalue weighted by atomic mass is 9.92. The molecule has 1 saturated carbocycles. The van der Waals surface area contributed by atoms with Gasteiger partial charge < -0.3 is 15.1 Å². The first-order chi connectivity index (χ1) is 18.3. The number of aromatic hydroxyl groups is 1. The summed E-state index contributed by atoms with van der Waals surface area (Å²) in [7, 11) is 0. The minimum atomic E-state index is -0.840. The predicted octanol–water partition coefficient (Wildman–Crippen LogP) is 3.13. The summed E-state index contributed by atoms with van der Waals surface area (Å²) in [5, 5.41) is 19.4. The van der Waals surface area contributed by atoms with Gasteiger partial charge in [0.15, 0.2) is 0 Å². The van der Waals surface area contributed by atoms with Gasteiger partial charge in [-0.25, -0.2) is 0 Å². The summed E-state index contributed by atoms with van der Waals surface area (Å²) < 4.78 is 0. The van der Waals surface area contributed by atoms with E-state index >= 15 is 0 Å². The van der Waals surface area contributed by atoms with Gasteiger partial charge in [-0.05, 0) is 68.0 Å². The number of hydrogen-bond acceptors (Lipinski definition) is 6. The SMILES string of the molecule is C[C@@H]1CN([C@@H](c2cccc(O)c2)c2cccc(C(=O)N3CCN(CC(=O)O)CC3)c2)[C@@H](C)CN1CC1CC1. The third-order valence-corrected chi connectivity index (χ3v) is 8.34. The molecule has 8 heteroatoms.